The van der Waals surface area contributed by atoms with Gasteiger partial charge in [0.2, 0.25) is 0 Å². The number of hydrogen-bond acceptors (Lipinski definition) is 1. The third-order valence-electron chi connectivity index (χ3n) is 0.722. The van der Waals surface area contributed by atoms with Crippen molar-refractivity contribution in [3.8, 4) is 0 Å². The van der Waals surface area contributed by atoms with Crippen LogP contribution in [0.1, 0.15) is 13.8 Å². The molecule has 0 bridgehead atoms. The van der Waals surface area contributed by atoms with E-state index in [4.69, 9.17) is 5.73 Å². The molecule has 0 aromatic heterocycles. The first-order valence-corrected chi connectivity index (χ1v) is 2.20. The molecule has 0 aliphatic carbocycles. The van der Waals surface area contributed by atoms with Gasteiger partial charge >= 0.3 is 0 Å². The molecule has 0 atom stereocenters. The van der Waals surface area contributed by atoms with Gasteiger partial charge in [-0.05, 0) is 19.4 Å². The minimum absolute atomic E-state index is 0. The third-order valence-corrected chi connectivity index (χ3v) is 0.722. The maximum Gasteiger partial charge on any atom is 0.112 e. The Balaban J connectivity index is 0. The summed E-state index contributed by atoms with van der Waals surface area (Å²) in [5.74, 6) is -0.208. The smallest absolute Gasteiger partial charge is 0.112 e. The fraction of sp³-hybridized carbons (Fsp3) is 0.600. The van der Waals surface area contributed by atoms with Crippen molar-refractivity contribution >= 4 is 12.4 Å². The molecule has 0 aliphatic rings. The van der Waals surface area contributed by atoms with E-state index in [2.05, 4.69) is 0 Å². The Morgan fingerprint density at radius 1 is 1.50 bits per heavy atom. The van der Waals surface area contributed by atoms with Gasteiger partial charge in [0.25, 0.3) is 0 Å². The Morgan fingerprint density at radius 2 is 1.88 bits per heavy atom. The molecule has 0 rings (SSSR count). The van der Waals surface area contributed by atoms with Gasteiger partial charge in [0.15, 0.2) is 0 Å². The minimum atomic E-state index is -0.208. The normalized spacial score (nSPS) is 7.50. The molecule has 8 heavy (non-hydrogen) atoms. The summed E-state index contributed by atoms with van der Waals surface area (Å²) in [7, 11) is 0. The molecule has 2 N–H and O–H groups in total. The molecule has 0 fully saturated rings. The summed E-state index contributed by atoms with van der Waals surface area (Å²) in [4.78, 5) is 0. The number of rotatable bonds is 1. The van der Waals surface area contributed by atoms with E-state index < -0.39 is 0 Å². The van der Waals surface area contributed by atoms with Crippen LogP contribution >= 0.6 is 12.4 Å². The first-order valence-electron chi connectivity index (χ1n) is 2.20. The van der Waals surface area contributed by atoms with Gasteiger partial charge in [0.05, 0.1) is 0 Å². The number of halogens is 2. The van der Waals surface area contributed by atoms with Crippen LogP contribution in [0.4, 0.5) is 4.39 Å². The summed E-state index contributed by atoms with van der Waals surface area (Å²) < 4.78 is 12.0. The molecule has 0 aromatic carbocycles. The Kier molecular flexibility index (Phi) is 6.85. The SMILES string of the molecule is CC(C)=C(F)CN.Cl. The molecule has 0 spiro atoms. The molecule has 0 saturated heterocycles. The van der Waals surface area contributed by atoms with Crippen molar-refractivity contribution in [3.63, 3.8) is 0 Å². The van der Waals surface area contributed by atoms with E-state index in [0.717, 1.165) is 0 Å². The first kappa shape index (κ1) is 10.8. The largest absolute Gasteiger partial charge is 0.325 e. The van der Waals surface area contributed by atoms with E-state index in [1.807, 2.05) is 0 Å². The fourth-order valence-corrected chi connectivity index (χ4v) is 0.204. The summed E-state index contributed by atoms with van der Waals surface area (Å²) in [6.45, 7) is 3.42. The van der Waals surface area contributed by atoms with Crippen LogP contribution in [-0.2, 0) is 0 Å². The van der Waals surface area contributed by atoms with Gasteiger partial charge < -0.3 is 5.73 Å². The highest BCUT2D eigenvalue weighted by molar-refractivity contribution is 5.85. The lowest BCUT2D eigenvalue weighted by molar-refractivity contribution is 0.606. The molecule has 0 unspecified atom stereocenters. The molecular weight excluding hydrogens is 129 g/mol. The van der Waals surface area contributed by atoms with E-state index in [1.165, 1.54) is 0 Å². The molecule has 50 valence electrons. The van der Waals surface area contributed by atoms with Crippen molar-refractivity contribution in [3.05, 3.63) is 11.4 Å². The minimum Gasteiger partial charge on any atom is -0.325 e. The lowest BCUT2D eigenvalue weighted by atomic mass is 10.3. The summed E-state index contributed by atoms with van der Waals surface area (Å²) >= 11 is 0. The standard InChI is InChI=1S/C5H10FN.ClH/c1-4(2)5(6)3-7;/h3,7H2,1-2H3;1H. The maximum atomic E-state index is 12.0. The van der Waals surface area contributed by atoms with Crippen LogP contribution in [0.2, 0.25) is 0 Å². The van der Waals surface area contributed by atoms with Crippen molar-refractivity contribution in [1.82, 2.24) is 0 Å². The number of allylic oxidation sites excluding steroid dienone is 1. The van der Waals surface area contributed by atoms with Gasteiger partial charge in [-0.1, -0.05) is 0 Å². The molecule has 1 nitrogen and oxygen atoms in total. The second-order valence-corrected chi connectivity index (χ2v) is 1.61. The summed E-state index contributed by atoms with van der Waals surface area (Å²) in [6.07, 6.45) is 0. The predicted octanol–water partition coefficient (Wildman–Crippen LogP) is 1.63. The van der Waals surface area contributed by atoms with Gasteiger partial charge in [-0.25, -0.2) is 4.39 Å². The topological polar surface area (TPSA) is 26.0 Å². The molecule has 0 heterocycles. The predicted molar refractivity (Wildman–Crippen MR) is 35.8 cm³/mol. The van der Waals surface area contributed by atoms with Crippen molar-refractivity contribution in [2.24, 2.45) is 5.73 Å². The molecular formula is C5H11ClFN. The maximum absolute atomic E-state index is 12.0. The van der Waals surface area contributed by atoms with E-state index in [9.17, 15) is 4.39 Å². The highest BCUT2D eigenvalue weighted by atomic mass is 35.5. The highest BCUT2D eigenvalue weighted by Gasteiger charge is 1.88. The average Bonchev–Trinajstić information content (AvgIpc) is 1.65. The average molecular weight is 140 g/mol. The van der Waals surface area contributed by atoms with E-state index in [1.54, 1.807) is 13.8 Å². The van der Waals surface area contributed by atoms with Gasteiger partial charge in [0.1, 0.15) is 5.83 Å². The van der Waals surface area contributed by atoms with E-state index in [-0.39, 0.29) is 24.8 Å². The van der Waals surface area contributed by atoms with E-state index >= 15 is 0 Å². The quantitative estimate of drug-likeness (QED) is 0.587. The van der Waals surface area contributed by atoms with Crippen molar-refractivity contribution in [1.29, 1.82) is 0 Å². The summed E-state index contributed by atoms with van der Waals surface area (Å²) in [5, 5.41) is 0. The molecule has 0 aliphatic heterocycles. The Morgan fingerprint density at radius 3 is 1.88 bits per heavy atom. The first-order chi connectivity index (χ1) is 3.18. The van der Waals surface area contributed by atoms with Crippen LogP contribution in [0, 0.1) is 0 Å². The second-order valence-electron chi connectivity index (χ2n) is 1.61. The van der Waals surface area contributed by atoms with Crippen LogP contribution in [0.25, 0.3) is 0 Å². The zero-order valence-electron chi connectivity index (χ0n) is 5.07. The van der Waals surface area contributed by atoms with Gasteiger partial charge in [-0.3, -0.25) is 0 Å². The van der Waals surface area contributed by atoms with Crippen LogP contribution < -0.4 is 5.73 Å². The van der Waals surface area contributed by atoms with Gasteiger partial charge in [-0.15, -0.1) is 12.4 Å². The molecule has 0 radical (unpaired) electrons. The molecule has 3 heteroatoms. The van der Waals surface area contributed by atoms with Crippen LogP contribution in [0.5, 0.6) is 0 Å². The van der Waals surface area contributed by atoms with Crippen LogP contribution in [-0.4, -0.2) is 6.54 Å². The van der Waals surface area contributed by atoms with Gasteiger partial charge in [-0.2, -0.15) is 0 Å². The lowest BCUT2D eigenvalue weighted by Crippen LogP contribution is -1.99. The zero-order valence-corrected chi connectivity index (χ0v) is 5.89. The van der Waals surface area contributed by atoms with Crippen LogP contribution in [0.3, 0.4) is 0 Å². The molecule has 0 amide bonds. The lowest BCUT2D eigenvalue weighted by Gasteiger charge is -1.89. The Labute approximate surface area is 55.2 Å². The van der Waals surface area contributed by atoms with Crippen molar-refractivity contribution in [2.45, 2.75) is 13.8 Å². The second kappa shape index (κ2) is 5.06. The Hall–Kier alpha value is -0.0800. The molecule has 0 aromatic rings. The van der Waals surface area contributed by atoms with Crippen molar-refractivity contribution in [2.75, 3.05) is 6.54 Å². The molecule has 0 saturated carbocycles. The van der Waals surface area contributed by atoms with Crippen LogP contribution in [0.15, 0.2) is 11.4 Å². The summed E-state index contributed by atoms with van der Waals surface area (Å²) in [6, 6.07) is 0. The van der Waals surface area contributed by atoms with Gasteiger partial charge in [0, 0.05) is 6.54 Å². The number of hydrogen-bond donors (Lipinski definition) is 1. The summed E-state index contributed by atoms with van der Waals surface area (Å²) in [5.41, 5.74) is 5.61. The monoisotopic (exact) mass is 139 g/mol. The third kappa shape index (κ3) is 4.09. The highest BCUT2D eigenvalue weighted by Crippen LogP contribution is 1.99. The van der Waals surface area contributed by atoms with Crippen molar-refractivity contribution < 1.29 is 4.39 Å². The van der Waals surface area contributed by atoms with E-state index in [0.29, 0.717) is 5.57 Å². The Bertz CT molecular complexity index is 86.4. The fourth-order valence-electron chi connectivity index (χ4n) is 0.204. The zero-order chi connectivity index (χ0) is 5.86. The number of nitrogens with two attached hydrogens (primary N) is 1.